The van der Waals surface area contributed by atoms with Gasteiger partial charge in [0, 0.05) is 11.7 Å². The smallest absolute Gasteiger partial charge is 0.313 e. The molecule has 1 aromatic carbocycles. The van der Waals surface area contributed by atoms with E-state index < -0.39 is 11.8 Å². The van der Waals surface area contributed by atoms with E-state index in [1.165, 1.54) is 12.8 Å². The molecule has 0 aliphatic heterocycles. The molecule has 1 aliphatic carbocycles. The second kappa shape index (κ2) is 7.08. The van der Waals surface area contributed by atoms with Gasteiger partial charge in [0.05, 0.1) is 0 Å². The van der Waals surface area contributed by atoms with Crippen LogP contribution >= 0.6 is 0 Å². The molecule has 0 saturated heterocycles. The maximum absolute atomic E-state index is 11.9. The van der Waals surface area contributed by atoms with Crippen molar-refractivity contribution in [2.45, 2.75) is 51.5 Å². The summed E-state index contributed by atoms with van der Waals surface area (Å²) in [5, 5.41) is 5.48. The third-order valence-corrected chi connectivity index (χ3v) is 3.67. The van der Waals surface area contributed by atoms with Crippen molar-refractivity contribution >= 4 is 17.5 Å². The Hall–Kier alpha value is -1.84. The average molecular weight is 274 g/mol. The van der Waals surface area contributed by atoms with Gasteiger partial charge in [-0.2, -0.15) is 0 Å². The Morgan fingerprint density at radius 2 is 1.75 bits per heavy atom. The first-order valence-corrected chi connectivity index (χ1v) is 7.33. The third-order valence-electron chi connectivity index (χ3n) is 3.67. The van der Waals surface area contributed by atoms with E-state index in [1.54, 1.807) is 6.07 Å². The van der Waals surface area contributed by atoms with Gasteiger partial charge in [0.1, 0.15) is 0 Å². The van der Waals surface area contributed by atoms with Crippen LogP contribution in [0.5, 0.6) is 0 Å². The lowest BCUT2D eigenvalue weighted by Crippen LogP contribution is -2.41. The third kappa shape index (κ3) is 4.37. The van der Waals surface area contributed by atoms with Crippen molar-refractivity contribution in [3.05, 3.63) is 29.8 Å². The minimum atomic E-state index is -0.583. The van der Waals surface area contributed by atoms with Crippen LogP contribution in [0.2, 0.25) is 0 Å². The molecular weight excluding hydrogens is 252 g/mol. The lowest BCUT2D eigenvalue weighted by molar-refractivity contribution is -0.136. The predicted molar refractivity (Wildman–Crippen MR) is 79.4 cm³/mol. The number of hydrogen-bond acceptors (Lipinski definition) is 2. The summed E-state index contributed by atoms with van der Waals surface area (Å²) in [6.07, 6.45) is 6.66. The van der Waals surface area contributed by atoms with Crippen LogP contribution < -0.4 is 10.6 Å². The lowest BCUT2D eigenvalue weighted by Gasteiger charge is -2.15. The molecule has 4 heteroatoms. The summed E-state index contributed by atoms with van der Waals surface area (Å²) in [7, 11) is 0. The molecule has 20 heavy (non-hydrogen) atoms. The molecule has 4 nitrogen and oxygen atoms in total. The number of amides is 2. The van der Waals surface area contributed by atoms with Crippen LogP contribution in [-0.4, -0.2) is 17.9 Å². The number of benzene rings is 1. The summed E-state index contributed by atoms with van der Waals surface area (Å²) >= 11 is 0. The predicted octanol–water partition coefficient (Wildman–Crippen LogP) is 2.77. The first-order valence-electron chi connectivity index (χ1n) is 7.33. The number of nitrogens with one attached hydrogen (secondary N) is 2. The highest BCUT2D eigenvalue weighted by Gasteiger charge is 2.19. The van der Waals surface area contributed by atoms with Gasteiger partial charge in [0.25, 0.3) is 0 Å². The Labute approximate surface area is 119 Å². The highest BCUT2D eigenvalue weighted by atomic mass is 16.2. The van der Waals surface area contributed by atoms with Crippen LogP contribution in [0.4, 0.5) is 5.69 Å². The Bertz CT molecular complexity index is 477. The molecule has 0 aromatic heterocycles. The summed E-state index contributed by atoms with van der Waals surface area (Å²) in [6.45, 7) is 1.95. The average Bonchev–Trinajstić information content (AvgIpc) is 2.67. The van der Waals surface area contributed by atoms with Crippen molar-refractivity contribution in [1.29, 1.82) is 0 Å². The molecule has 0 radical (unpaired) electrons. The van der Waals surface area contributed by atoms with E-state index in [4.69, 9.17) is 0 Å². The number of carbonyl (C=O) groups is 2. The van der Waals surface area contributed by atoms with Gasteiger partial charge in [-0.15, -0.1) is 0 Å². The Morgan fingerprint density at radius 3 is 2.40 bits per heavy atom. The quantitative estimate of drug-likeness (QED) is 0.643. The zero-order chi connectivity index (χ0) is 14.4. The molecule has 2 rings (SSSR count). The number of carbonyl (C=O) groups excluding carboxylic acids is 2. The van der Waals surface area contributed by atoms with Crippen LogP contribution in [0.1, 0.15) is 44.1 Å². The van der Waals surface area contributed by atoms with E-state index in [1.807, 2.05) is 25.1 Å². The van der Waals surface area contributed by atoms with E-state index in [0.717, 1.165) is 31.2 Å². The van der Waals surface area contributed by atoms with E-state index in [9.17, 15) is 9.59 Å². The van der Waals surface area contributed by atoms with Gasteiger partial charge in [-0.3, -0.25) is 9.59 Å². The molecular formula is C16H22N2O2. The molecule has 1 aromatic rings. The first-order chi connectivity index (χ1) is 9.65. The molecule has 2 amide bonds. The van der Waals surface area contributed by atoms with E-state index in [2.05, 4.69) is 10.6 Å². The molecule has 0 heterocycles. The van der Waals surface area contributed by atoms with Crippen LogP contribution in [0.15, 0.2) is 24.3 Å². The lowest BCUT2D eigenvalue weighted by atomic mass is 10.1. The molecule has 0 atom stereocenters. The molecule has 1 saturated carbocycles. The summed E-state index contributed by atoms with van der Waals surface area (Å²) in [6, 6.07) is 7.57. The number of aryl methyl sites for hydroxylation is 1. The normalized spacial score (nSPS) is 16.2. The minimum absolute atomic E-state index is 0.147. The Morgan fingerprint density at radius 1 is 1.05 bits per heavy atom. The second-order valence-corrected chi connectivity index (χ2v) is 5.49. The van der Waals surface area contributed by atoms with Gasteiger partial charge in [0.2, 0.25) is 0 Å². The Balaban J connectivity index is 1.86. The fraction of sp³-hybridized carbons (Fsp3) is 0.500. The van der Waals surface area contributed by atoms with Crippen molar-refractivity contribution in [2.24, 2.45) is 0 Å². The second-order valence-electron chi connectivity index (χ2n) is 5.49. The summed E-state index contributed by atoms with van der Waals surface area (Å²) in [5.74, 6) is -1.11. The van der Waals surface area contributed by atoms with Crippen LogP contribution in [-0.2, 0) is 9.59 Å². The first kappa shape index (κ1) is 14.6. The number of rotatable bonds is 2. The molecule has 0 bridgehead atoms. The van der Waals surface area contributed by atoms with Gasteiger partial charge in [-0.05, 0) is 37.5 Å². The highest BCUT2D eigenvalue weighted by Crippen LogP contribution is 2.17. The van der Waals surface area contributed by atoms with Gasteiger partial charge < -0.3 is 10.6 Å². The van der Waals surface area contributed by atoms with Crippen LogP contribution in [0, 0.1) is 6.92 Å². The van der Waals surface area contributed by atoms with Crippen LogP contribution in [0.3, 0.4) is 0 Å². The topological polar surface area (TPSA) is 58.2 Å². The van der Waals surface area contributed by atoms with Crippen molar-refractivity contribution in [2.75, 3.05) is 5.32 Å². The van der Waals surface area contributed by atoms with Crippen molar-refractivity contribution in [3.8, 4) is 0 Å². The van der Waals surface area contributed by atoms with E-state index in [-0.39, 0.29) is 6.04 Å². The maximum Gasteiger partial charge on any atom is 0.313 e. The fourth-order valence-corrected chi connectivity index (χ4v) is 2.59. The van der Waals surface area contributed by atoms with Crippen LogP contribution in [0.25, 0.3) is 0 Å². The molecule has 0 spiro atoms. The highest BCUT2D eigenvalue weighted by molar-refractivity contribution is 6.39. The molecule has 1 aliphatic rings. The summed E-state index contributed by atoms with van der Waals surface area (Å²) < 4.78 is 0. The standard InChI is InChI=1S/C16H22N2O2/c1-12-7-6-10-14(11-12)18-16(20)15(19)17-13-8-4-2-3-5-9-13/h6-7,10-11,13H,2-5,8-9H2,1H3,(H,17,19)(H,18,20). The largest absolute Gasteiger partial charge is 0.345 e. The fourth-order valence-electron chi connectivity index (χ4n) is 2.59. The van der Waals surface area contributed by atoms with Gasteiger partial charge in [-0.25, -0.2) is 0 Å². The zero-order valence-corrected chi connectivity index (χ0v) is 11.9. The number of hydrogen-bond donors (Lipinski definition) is 2. The Kier molecular flexibility index (Phi) is 5.16. The van der Waals surface area contributed by atoms with Gasteiger partial charge in [0.15, 0.2) is 0 Å². The van der Waals surface area contributed by atoms with E-state index in [0.29, 0.717) is 5.69 Å². The van der Waals surface area contributed by atoms with Crippen molar-refractivity contribution in [3.63, 3.8) is 0 Å². The molecule has 108 valence electrons. The molecule has 0 unspecified atom stereocenters. The van der Waals surface area contributed by atoms with Gasteiger partial charge >= 0.3 is 11.8 Å². The van der Waals surface area contributed by atoms with Crippen molar-refractivity contribution in [1.82, 2.24) is 5.32 Å². The minimum Gasteiger partial charge on any atom is -0.345 e. The van der Waals surface area contributed by atoms with E-state index >= 15 is 0 Å². The SMILES string of the molecule is Cc1cccc(NC(=O)C(=O)NC2CCCCCC2)c1. The molecule has 2 N–H and O–H groups in total. The molecule has 1 fully saturated rings. The van der Waals surface area contributed by atoms with Crippen molar-refractivity contribution < 1.29 is 9.59 Å². The summed E-state index contributed by atoms with van der Waals surface area (Å²) in [5.41, 5.74) is 1.71. The summed E-state index contributed by atoms with van der Waals surface area (Å²) in [4.78, 5) is 23.7. The van der Waals surface area contributed by atoms with Gasteiger partial charge in [-0.1, -0.05) is 37.8 Å². The maximum atomic E-state index is 11.9. The zero-order valence-electron chi connectivity index (χ0n) is 11.9. The number of anilines is 1. The monoisotopic (exact) mass is 274 g/mol.